The Labute approximate surface area is 208 Å². The Balaban J connectivity index is 1.97. The van der Waals surface area contributed by atoms with Crippen LogP contribution in [0, 0.1) is 11.3 Å². The number of alkyl halides is 2. The summed E-state index contributed by atoms with van der Waals surface area (Å²) < 4.78 is 43.8. The van der Waals surface area contributed by atoms with Gasteiger partial charge in [-0.15, -0.1) is 0 Å². The molecule has 0 bridgehead atoms. The van der Waals surface area contributed by atoms with Crippen LogP contribution in [0.5, 0.6) is 11.5 Å². The zero-order valence-corrected chi connectivity index (χ0v) is 20.8. The molecule has 2 aromatic rings. The van der Waals surface area contributed by atoms with Gasteiger partial charge in [-0.05, 0) is 55.4 Å². The van der Waals surface area contributed by atoms with Gasteiger partial charge >= 0.3 is 12.6 Å². The molecule has 4 rings (SSSR count). The Morgan fingerprint density at radius 2 is 2.06 bits per heavy atom. The number of aryl methyl sites for hydroxylation is 1. The number of fused-ring (bicyclic) bond motifs is 4. The molecule has 7 nitrogen and oxygen atoms in total. The lowest BCUT2D eigenvalue weighted by atomic mass is 9.73. The van der Waals surface area contributed by atoms with Crippen LogP contribution in [0.4, 0.5) is 8.78 Å². The van der Waals surface area contributed by atoms with E-state index in [1.54, 1.807) is 19.1 Å². The zero-order chi connectivity index (χ0) is 26.2. The Hall–Kier alpha value is -3.20. The number of halogens is 2. The van der Waals surface area contributed by atoms with Crippen LogP contribution in [-0.4, -0.2) is 42.6 Å². The summed E-state index contributed by atoms with van der Waals surface area (Å²) in [4.78, 5) is 25.5. The fourth-order valence-electron chi connectivity index (χ4n) is 5.24. The third-order valence-electron chi connectivity index (χ3n) is 7.20. The van der Waals surface area contributed by atoms with E-state index in [0.29, 0.717) is 30.5 Å². The highest BCUT2D eigenvalue weighted by molar-refractivity contribution is 5.91. The summed E-state index contributed by atoms with van der Waals surface area (Å²) in [5, 5.41) is 10.2. The van der Waals surface area contributed by atoms with E-state index in [9.17, 15) is 23.5 Å². The van der Waals surface area contributed by atoms with E-state index in [4.69, 9.17) is 14.2 Å². The Morgan fingerprint density at radius 3 is 2.69 bits per heavy atom. The van der Waals surface area contributed by atoms with Crippen molar-refractivity contribution in [2.24, 2.45) is 11.3 Å². The average Bonchev–Trinajstić information content (AvgIpc) is 3.03. The number of methoxy groups -OCH3 is 1. The van der Waals surface area contributed by atoms with Gasteiger partial charge in [-0.2, -0.15) is 8.78 Å². The van der Waals surface area contributed by atoms with Crippen LogP contribution in [0.2, 0.25) is 0 Å². The Kier molecular flexibility index (Phi) is 7.22. The first-order chi connectivity index (χ1) is 17.1. The quantitative estimate of drug-likeness (QED) is 0.551. The third kappa shape index (κ3) is 4.64. The molecule has 0 saturated carbocycles. The summed E-state index contributed by atoms with van der Waals surface area (Å²) in [7, 11) is 1.39. The first-order valence-electron chi connectivity index (χ1n) is 12.0. The summed E-state index contributed by atoms with van der Waals surface area (Å²) in [6, 6.07) is 4.64. The number of aromatic nitrogens is 1. The van der Waals surface area contributed by atoms with Gasteiger partial charge in [0.1, 0.15) is 5.56 Å². The van der Waals surface area contributed by atoms with Gasteiger partial charge in [0.25, 0.3) is 0 Å². The number of allylic oxidation sites excluding steroid dienone is 1. The standard InChI is InChI=1S/C27H31F2NO6/c1-5-35-25(33)19-13-30-20(12-21(19)32)17-11-18-15(8-9-22(34-4)24(18)36-26(28)29)6-7-16(17)10-23(30)27(2,3)14-31/h8-9,11-13,16,23,26,31H,5-7,10,14H2,1-4H3. The van der Waals surface area contributed by atoms with Gasteiger partial charge in [-0.25, -0.2) is 4.79 Å². The van der Waals surface area contributed by atoms with Crippen molar-refractivity contribution in [1.29, 1.82) is 0 Å². The van der Waals surface area contributed by atoms with Gasteiger partial charge in [-0.3, -0.25) is 4.79 Å². The molecule has 0 radical (unpaired) electrons. The SMILES string of the molecule is CCOC(=O)c1cn2c(cc1=O)C1=Cc3c(ccc(OC)c3OC(F)F)CCC1CC2C(C)(C)CO. The van der Waals surface area contributed by atoms with Crippen molar-refractivity contribution in [3.8, 4) is 11.5 Å². The molecule has 194 valence electrons. The topological polar surface area (TPSA) is 87.0 Å². The van der Waals surface area contributed by atoms with Gasteiger partial charge in [-0.1, -0.05) is 19.9 Å². The number of pyridine rings is 1. The molecule has 1 N–H and O–H groups in total. The number of aliphatic hydroxyl groups is 1. The fraction of sp³-hybridized carbons (Fsp3) is 0.481. The molecule has 2 unspecified atom stereocenters. The number of rotatable bonds is 7. The fourth-order valence-corrected chi connectivity index (χ4v) is 5.24. The summed E-state index contributed by atoms with van der Waals surface area (Å²) in [6.07, 6.45) is 5.26. The van der Waals surface area contributed by atoms with Crippen LogP contribution in [0.3, 0.4) is 0 Å². The largest absolute Gasteiger partial charge is 0.493 e. The smallest absolute Gasteiger partial charge is 0.387 e. The van der Waals surface area contributed by atoms with Crippen LogP contribution in [0.15, 0.2) is 29.2 Å². The monoisotopic (exact) mass is 503 g/mol. The maximum absolute atomic E-state index is 13.3. The first-order valence-corrected chi connectivity index (χ1v) is 12.0. The van der Waals surface area contributed by atoms with E-state index >= 15 is 0 Å². The molecule has 2 heterocycles. The van der Waals surface area contributed by atoms with Gasteiger partial charge in [0.05, 0.1) is 20.3 Å². The number of hydrogen-bond donors (Lipinski definition) is 1. The highest BCUT2D eigenvalue weighted by atomic mass is 19.3. The van der Waals surface area contributed by atoms with E-state index in [1.807, 2.05) is 24.5 Å². The number of benzene rings is 1. The number of nitrogens with zero attached hydrogens (tertiary/aromatic N) is 1. The van der Waals surface area contributed by atoms with Crippen LogP contribution >= 0.6 is 0 Å². The normalized spacial score (nSPS) is 18.9. The minimum absolute atomic E-state index is 0.00790. The van der Waals surface area contributed by atoms with Gasteiger partial charge < -0.3 is 23.9 Å². The molecule has 36 heavy (non-hydrogen) atoms. The zero-order valence-electron chi connectivity index (χ0n) is 20.8. The maximum Gasteiger partial charge on any atom is 0.387 e. The minimum atomic E-state index is -3.04. The molecule has 0 spiro atoms. The Bertz CT molecular complexity index is 1250. The van der Waals surface area contributed by atoms with E-state index in [0.717, 1.165) is 11.1 Å². The predicted octanol–water partition coefficient (Wildman–Crippen LogP) is 4.70. The molecule has 2 aliphatic rings. The molecule has 0 amide bonds. The number of aliphatic hydroxyl groups excluding tert-OH is 1. The van der Waals surface area contributed by atoms with Gasteiger partial charge in [0.2, 0.25) is 0 Å². The maximum atomic E-state index is 13.3. The van der Waals surface area contributed by atoms with Crippen molar-refractivity contribution in [3.63, 3.8) is 0 Å². The molecule has 0 fully saturated rings. The number of ether oxygens (including phenoxy) is 3. The van der Waals surface area contributed by atoms with E-state index < -0.39 is 23.4 Å². The van der Waals surface area contributed by atoms with E-state index in [1.165, 1.54) is 19.4 Å². The lowest BCUT2D eigenvalue weighted by Gasteiger charge is -2.43. The lowest BCUT2D eigenvalue weighted by Crippen LogP contribution is -2.38. The number of hydrogen-bond acceptors (Lipinski definition) is 6. The molecule has 9 heteroatoms. The number of carbonyl (C=O) groups excluding carboxylic acids is 1. The second kappa shape index (κ2) is 10.0. The second-order valence-corrected chi connectivity index (χ2v) is 9.85. The summed E-state index contributed by atoms with van der Waals surface area (Å²) in [5.41, 5.74) is 1.56. The summed E-state index contributed by atoms with van der Waals surface area (Å²) >= 11 is 0. The van der Waals surface area contributed by atoms with E-state index in [-0.39, 0.29) is 42.2 Å². The number of carbonyl (C=O) groups is 1. The van der Waals surface area contributed by atoms with Crippen molar-refractivity contribution in [3.05, 3.63) is 57.0 Å². The molecule has 1 aliphatic heterocycles. The van der Waals surface area contributed by atoms with Crippen molar-refractivity contribution in [1.82, 2.24) is 4.57 Å². The molecule has 1 aromatic heterocycles. The highest BCUT2D eigenvalue weighted by Crippen LogP contribution is 2.50. The van der Waals surface area contributed by atoms with Crippen LogP contribution in [0.1, 0.15) is 66.8 Å². The molecule has 2 atom stereocenters. The summed E-state index contributed by atoms with van der Waals surface area (Å²) in [6.45, 7) is 2.52. The van der Waals surface area contributed by atoms with Crippen molar-refractivity contribution >= 4 is 17.6 Å². The Morgan fingerprint density at radius 1 is 1.31 bits per heavy atom. The average molecular weight is 504 g/mol. The molecule has 1 aromatic carbocycles. The summed E-state index contributed by atoms with van der Waals surface area (Å²) in [5.74, 6) is -0.577. The van der Waals surface area contributed by atoms with Crippen molar-refractivity contribution in [2.75, 3.05) is 20.3 Å². The second-order valence-electron chi connectivity index (χ2n) is 9.85. The first kappa shape index (κ1) is 25.9. The van der Waals surface area contributed by atoms with Crippen LogP contribution in [0.25, 0.3) is 11.6 Å². The van der Waals surface area contributed by atoms with Crippen LogP contribution in [-0.2, 0) is 11.2 Å². The minimum Gasteiger partial charge on any atom is -0.493 e. The highest BCUT2D eigenvalue weighted by Gasteiger charge is 2.40. The lowest BCUT2D eigenvalue weighted by molar-refractivity contribution is -0.0514. The van der Waals surface area contributed by atoms with Crippen molar-refractivity contribution < 1.29 is 32.9 Å². The molecule has 1 aliphatic carbocycles. The third-order valence-corrected chi connectivity index (χ3v) is 7.20. The van der Waals surface area contributed by atoms with Gasteiger partial charge in [0, 0.05) is 35.0 Å². The van der Waals surface area contributed by atoms with Gasteiger partial charge in [0.15, 0.2) is 16.9 Å². The molecular weight excluding hydrogens is 472 g/mol. The predicted molar refractivity (Wildman–Crippen MR) is 130 cm³/mol. The molecular formula is C27H31F2NO6. The van der Waals surface area contributed by atoms with E-state index in [2.05, 4.69) is 0 Å². The molecule has 0 saturated heterocycles. The van der Waals surface area contributed by atoms with Crippen molar-refractivity contribution in [2.45, 2.75) is 52.7 Å². The van der Waals surface area contributed by atoms with Crippen LogP contribution < -0.4 is 14.9 Å². The number of esters is 1.